The lowest BCUT2D eigenvalue weighted by Crippen LogP contribution is -2.37. The minimum Gasteiger partial charge on any atom is -0.756 e. The van der Waals surface area contributed by atoms with Gasteiger partial charge in [0.15, 0.2) is 6.10 Å². The number of unbranched alkanes of at least 4 members (excludes halogenated alkanes) is 14. The van der Waals surface area contributed by atoms with E-state index >= 15 is 0 Å². The molecule has 0 aromatic heterocycles. The Morgan fingerprint density at radius 3 is 1.90 bits per heavy atom. The largest absolute Gasteiger partial charge is 0.756 e. The van der Waals surface area contributed by atoms with Crippen molar-refractivity contribution in [3.05, 3.63) is 58.1 Å². The average molecular weight is 887 g/mol. The van der Waals surface area contributed by atoms with E-state index in [2.05, 4.69) is 17.6 Å². The van der Waals surface area contributed by atoms with Crippen molar-refractivity contribution in [2.24, 2.45) is 0 Å². The fourth-order valence-electron chi connectivity index (χ4n) is 6.13. The quantitative estimate of drug-likeness (QED) is 0.0301. The van der Waals surface area contributed by atoms with Gasteiger partial charge in [0.25, 0.3) is 7.82 Å². The molecule has 0 aliphatic heterocycles. The van der Waals surface area contributed by atoms with E-state index in [4.69, 9.17) is 41.7 Å². The third kappa shape index (κ3) is 27.0. The number of anilines is 2. The molecule has 0 aliphatic carbocycles. The number of likely N-dealkylation sites (N-methyl/N-ethyl adjacent to an activating group) is 1. The number of nitrogens with zero attached hydrogens (tertiary/aromatic N) is 1. The van der Waals surface area contributed by atoms with E-state index in [1.165, 1.54) is 70.6 Å². The molecular weight excluding hydrogens is 816 g/mol. The van der Waals surface area contributed by atoms with Crippen molar-refractivity contribution >= 4 is 60.2 Å². The van der Waals surface area contributed by atoms with Crippen LogP contribution in [-0.2, 0) is 43.9 Å². The Morgan fingerprint density at radius 1 is 0.746 bits per heavy atom. The summed E-state index contributed by atoms with van der Waals surface area (Å²) in [5.74, 6) is -1.35. The van der Waals surface area contributed by atoms with Crippen molar-refractivity contribution in [1.82, 2.24) is 5.32 Å². The normalized spacial score (nSPS) is 13.1. The Labute approximate surface area is 363 Å². The zero-order valence-electron chi connectivity index (χ0n) is 35.9. The SMILES string of the molecule is CCCCCCCCCCCCCCCCCC(=O)OCC(COP(=O)([O-])OCC[N+](C)(C)C)OC(=O)CCCNC(=O)Cc1cccc(Nc2c(Cl)cccc2Cl)c1. The van der Waals surface area contributed by atoms with E-state index in [0.29, 0.717) is 38.9 Å². The van der Waals surface area contributed by atoms with Gasteiger partial charge >= 0.3 is 11.9 Å². The molecule has 2 unspecified atom stereocenters. The summed E-state index contributed by atoms with van der Waals surface area (Å²) in [5, 5.41) is 6.92. The zero-order valence-corrected chi connectivity index (χ0v) is 38.3. The molecule has 59 heavy (non-hydrogen) atoms. The highest BCUT2D eigenvalue weighted by atomic mass is 35.5. The number of hydrogen-bond donors (Lipinski definition) is 2. The number of halogens is 2. The first-order chi connectivity index (χ1) is 28.2. The maximum absolute atomic E-state index is 12.8. The molecule has 0 saturated carbocycles. The summed E-state index contributed by atoms with van der Waals surface area (Å²) >= 11 is 12.5. The predicted octanol–water partition coefficient (Wildman–Crippen LogP) is 10.1. The van der Waals surface area contributed by atoms with Gasteiger partial charge in [-0.25, -0.2) is 0 Å². The van der Waals surface area contributed by atoms with Crippen LogP contribution in [0.4, 0.5) is 11.4 Å². The van der Waals surface area contributed by atoms with Gasteiger partial charge in [0.1, 0.15) is 19.8 Å². The van der Waals surface area contributed by atoms with Crippen LogP contribution in [0, 0.1) is 0 Å². The van der Waals surface area contributed by atoms with Gasteiger partial charge in [-0.15, -0.1) is 0 Å². The van der Waals surface area contributed by atoms with Crippen molar-refractivity contribution in [1.29, 1.82) is 0 Å². The van der Waals surface area contributed by atoms with Crippen LogP contribution in [-0.4, -0.2) is 82.5 Å². The lowest BCUT2D eigenvalue weighted by atomic mass is 10.0. The van der Waals surface area contributed by atoms with Gasteiger partial charge in [0.05, 0.1) is 49.9 Å². The van der Waals surface area contributed by atoms with E-state index in [-0.39, 0.29) is 51.3 Å². The molecule has 2 aromatic rings. The second-order valence-corrected chi connectivity index (χ2v) is 18.4. The summed E-state index contributed by atoms with van der Waals surface area (Å²) in [7, 11) is 0.969. The highest BCUT2D eigenvalue weighted by molar-refractivity contribution is 7.45. The molecule has 2 aromatic carbocycles. The van der Waals surface area contributed by atoms with Gasteiger partial charge in [-0.05, 0) is 42.7 Å². The van der Waals surface area contributed by atoms with Gasteiger partial charge in [-0.1, -0.05) is 138 Å². The summed E-state index contributed by atoms with van der Waals surface area (Å²) < 4.78 is 33.7. The van der Waals surface area contributed by atoms with Crippen LogP contribution in [0.15, 0.2) is 42.5 Å². The van der Waals surface area contributed by atoms with Crippen LogP contribution >= 0.6 is 31.0 Å². The molecule has 15 heteroatoms. The summed E-state index contributed by atoms with van der Waals surface area (Å²) in [6, 6.07) is 12.5. The first-order valence-corrected chi connectivity index (χ1v) is 23.7. The first-order valence-electron chi connectivity index (χ1n) is 21.5. The minimum absolute atomic E-state index is 0.0725. The highest BCUT2D eigenvalue weighted by Gasteiger charge is 2.22. The highest BCUT2D eigenvalue weighted by Crippen LogP contribution is 2.38. The number of phosphoric acid groups is 1. The fourth-order valence-corrected chi connectivity index (χ4v) is 7.35. The smallest absolute Gasteiger partial charge is 0.306 e. The Morgan fingerprint density at radius 2 is 1.31 bits per heavy atom. The van der Waals surface area contributed by atoms with Crippen molar-refractivity contribution in [3.8, 4) is 0 Å². The fraction of sp³-hybridized carbons (Fsp3) is 0.659. The monoisotopic (exact) mass is 885 g/mol. The number of ether oxygens (including phenoxy) is 2. The number of amides is 1. The van der Waals surface area contributed by atoms with E-state index in [1.807, 2.05) is 45.4 Å². The zero-order chi connectivity index (χ0) is 43.4. The average Bonchev–Trinajstić information content (AvgIpc) is 3.17. The maximum atomic E-state index is 12.8. The van der Waals surface area contributed by atoms with E-state index in [9.17, 15) is 23.8 Å². The molecule has 0 spiro atoms. The number of phosphoric ester groups is 1. The van der Waals surface area contributed by atoms with Crippen molar-refractivity contribution in [3.63, 3.8) is 0 Å². The second kappa shape index (κ2) is 30.3. The summed E-state index contributed by atoms with van der Waals surface area (Å²) in [6.45, 7) is 1.84. The van der Waals surface area contributed by atoms with Crippen LogP contribution in [0.2, 0.25) is 10.0 Å². The molecular formula is C44H70Cl2N3O9P. The van der Waals surface area contributed by atoms with Gasteiger partial charge in [-0.3, -0.25) is 18.9 Å². The van der Waals surface area contributed by atoms with Crippen molar-refractivity contribution < 1.29 is 46.8 Å². The summed E-state index contributed by atoms with van der Waals surface area (Å²) in [4.78, 5) is 50.4. The molecule has 1 amide bonds. The third-order valence-corrected chi connectivity index (χ3v) is 11.1. The van der Waals surface area contributed by atoms with Gasteiger partial charge in [-0.2, -0.15) is 0 Å². The predicted molar refractivity (Wildman–Crippen MR) is 235 cm³/mol. The Hall–Kier alpha value is -2.70. The number of para-hydroxylation sites is 1. The third-order valence-electron chi connectivity index (χ3n) is 9.55. The summed E-state index contributed by atoms with van der Waals surface area (Å²) in [5.41, 5.74) is 2.04. The molecule has 0 fully saturated rings. The standard InChI is InChI=1S/C44H70Cl2N3O9P/c1-5-6-7-8-9-10-11-12-13-14-15-16-17-18-19-27-42(51)55-34-38(35-57-59(53,54)56-31-30-49(2,3)4)58-43(52)28-22-29-47-41(50)33-36-23-20-24-37(32-36)48-44-39(45)25-21-26-40(44)46/h20-21,23-26,32,38,48H,5-19,22,27-31,33-35H2,1-4H3,(H-,47,50,53,54). The molecule has 2 rings (SSSR count). The number of carbonyl (C=O) groups excluding carboxylic acids is 3. The summed E-state index contributed by atoms with van der Waals surface area (Å²) in [6.07, 6.45) is 17.6. The number of hydrogen-bond acceptors (Lipinski definition) is 10. The van der Waals surface area contributed by atoms with Crippen LogP contribution < -0.4 is 15.5 Å². The number of esters is 2. The molecule has 2 atom stereocenters. The lowest BCUT2D eigenvalue weighted by molar-refractivity contribution is -0.870. The van der Waals surface area contributed by atoms with E-state index < -0.39 is 32.5 Å². The number of carbonyl (C=O) groups is 3. The minimum atomic E-state index is -4.72. The number of rotatable bonds is 34. The molecule has 12 nitrogen and oxygen atoms in total. The molecule has 0 bridgehead atoms. The van der Waals surface area contributed by atoms with E-state index in [1.54, 1.807) is 18.2 Å². The second-order valence-electron chi connectivity index (χ2n) is 16.1. The molecule has 2 N–H and O–H groups in total. The topological polar surface area (TPSA) is 152 Å². The number of benzene rings is 2. The van der Waals surface area contributed by atoms with Gasteiger partial charge < -0.3 is 38.5 Å². The van der Waals surface area contributed by atoms with Crippen LogP contribution in [0.1, 0.15) is 128 Å². The Kier molecular flexibility index (Phi) is 27.0. The van der Waals surface area contributed by atoms with Crippen LogP contribution in [0.3, 0.4) is 0 Å². The molecule has 0 aliphatic rings. The first kappa shape index (κ1) is 52.4. The van der Waals surface area contributed by atoms with Gasteiger partial charge in [0.2, 0.25) is 5.91 Å². The molecule has 0 heterocycles. The Bertz CT molecular complexity index is 1540. The van der Waals surface area contributed by atoms with Crippen LogP contribution in [0.5, 0.6) is 0 Å². The van der Waals surface area contributed by atoms with Crippen LogP contribution in [0.25, 0.3) is 0 Å². The van der Waals surface area contributed by atoms with Crippen molar-refractivity contribution in [2.45, 2.75) is 135 Å². The van der Waals surface area contributed by atoms with Gasteiger partial charge in [0, 0.05) is 25.1 Å². The lowest BCUT2D eigenvalue weighted by Gasteiger charge is -2.28. The van der Waals surface area contributed by atoms with E-state index in [0.717, 1.165) is 24.8 Å². The molecule has 0 saturated heterocycles. The number of quaternary nitrogens is 1. The number of nitrogens with one attached hydrogen (secondary N) is 2. The Balaban J connectivity index is 1.73. The maximum Gasteiger partial charge on any atom is 0.306 e. The molecule has 334 valence electrons. The molecule has 0 radical (unpaired) electrons. The van der Waals surface area contributed by atoms with Crippen molar-refractivity contribution in [2.75, 3.05) is 59.4 Å².